The van der Waals surface area contributed by atoms with Crippen LogP contribution < -0.4 is 15.4 Å². The molecular weight excluding hydrogens is 602 g/mol. The number of rotatable bonds is 22. The van der Waals surface area contributed by atoms with E-state index >= 15 is 0 Å². The van der Waals surface area contributed by atoms with Gasteiger partial charge in [-0.2, -0.15) is 0 Å². The van der Waals surface area contributed by atoms with Crippen LogP contribution in [0.3, 0.4) is 0 Å². The van der Waals surface area contributed by atoms with Gasteiger partial charge < -0.3 is 20.1 Å². The van der Waals surface area contributed by atoms with Gasteiger partial charge >= 0.3 is 0 Å². The molecule has 1 aliphatic heterocycles. The lowest BCUT2D eigenvalue weighted by molar-refractivity contribution is -0.156. The summed E-state index contributed by atoms with van der Waals surface area (Å²) in [5.74, 6) is -0.423. The fraction of sp³-hybridized carbons (Fsp3) is 0.700. The summed E-state index contributed by atoms with van der Waals surface area (Å²) in [7, 11) is 1.59. The van der Waals surface area contributed by atoms with Crippen molar-refractivity contribution in [2.75, 3.05) is 19.0 Å². The number of hydrogen-bond acceptors (Lipinski definition) is 6. The van der Waals surface area contributed by atoms with Gasteiger partial charge in [-0.25, -0.2) is 4.99 Å². The van der Waals surface area contributed by atoms with Gasteiger partial charge in [-0.15, -0.1) is 0 Å². The smallest absolute Gasteiger partial charge is 0.277 e. The average Bonchev–Trinajstić information content (AvgIpc) is 3.93. The molecule has 2 aliphatic rings. The second-order valence-corrected chi connectivity index (χ2v) is 15.3. The molecule has 3 rings (SSSR count). The maximum Gasteiger partial charge on any atom is 0.277 e. The molecule has 8 nitrogen and oxygen atoms in total. The Morgan fingerprint density at radius 1 is 0.750 bits per heavy atom. The zero-order chi connectivity index (χ0) is 35.8. The van der Waals surface area contributed by atoms with Crippen molar-refractivity contribution in [1.29, 1.82) is 0 Å². The molecule has 48 heavy (non-hydrogen) atoms. The molecule has 2 amide bonds. The lowest BCUT2D eigenvalue weighted by atomic mass is 9.88. The standard InChI is InChI=1S/C33H56N2O5.C7H9N/c1-7-9-11-12-13-14-15-16-17-18-24-33(40-25-19-10-8-2,35-30(37)26-29(36)32(3,4)5)31(38)34-27-20-22-28(39-6)23-21-27;1-7(2,3)4-5-6(4)8-5/h20-23H,7-19,24-26H2,1-6H3,(H,34,38)(H,35,37);1-3H3. The minimum atomic E-state index is -1.55. The third-order valence-corrected chi connectivity index (χ3v) is 8.75. The van der Waals surface area contributed by atoms with Crippen molar-refractivity contribution in [2.45, 2.75) is 157 Å². The molecule has 1 unspecified atom stereocenters. The van der Waals surface area contributed by atoms with Crippen molar-refractivity contribution in [3.8, 4) is 5.75 Å². The highest BCUT2D eigenvalue weighted by Crippen LogP contribution is 2.52. The first-order valence-electron chi connectivity index (χ1n) is 18.5. The Balaban J connectivity index is 0.000000853. The van der Waals surface area contributed by atoms with E-state index < -0.39 is 23.0 Å². The van der Waals surface area contributed by atoms with Crippen molar-refractivity contribution in [2.24, 2.45) is 15.8 Å². The quantitative estimate of drug-likeness (QED) is 0.0728. The van der Waals surface area contributed by atoms with Crippen molar-refractivity contribution in [3.63, 3.8) is 0 Å². The highest BCUT2D eigenvalue weighted by molar-refractivity contribution is 6.39. The number of methoxy groups -OCH3 is 1. The molecule has 0 saturated heterocycles. The molecule has 1 aromatic rings. The Labute approximate surface area is 291 Å². The highest BCUT2D eigenvalue weighted by atomic mass is 16.5. The second kappa shape index (κ2) is 19.9. The van der Waals surface area contributed by atoms with Gasteiger partial charge in [0.05, 0.1) is 31.5 Å². The minimum Gasteiger partial charge on any atom is -0.497 e. The Kier molecular flexibility index (Phi) is 17.0. The number of hydrogen-bond donors (Lipinski definition) is 2. The van der Waals surface area contributed by atoms with Crippen LogP contribution in [0.5, 0.6) is 5.75 Å². The number of carbonyl (C=O) groups excluding carboxylic acids is 3. The van der Waals surface area contributed by atoms with E-state index in [2.05, 4.69) is 50.2 Å². The van der Waals surface area contributed by atoms with E-state index in [1.807, 2.05) is 0 Å². The first-order chi connectivity index (χ1) is 22.7. The molecule has 270 valence electrons. The maximum atomic E-state index is 13.8. The zero-order valence-electron chi connectivity index (χ0n) is 31.6. The van der Waals surface area contributed by atoms with Crippen LogP contribution in [0.1, 0.15) is 152 Å². The molecular formula is C40H65N3O5. The van der Waals surface area contributed by atoms with E-state index in [-0.39, 0.29) is 12.2 Å². The largest absolute Gasteiger partial charge is 0.497 e. The number of benzene rings is 1. The van der Waals surface area contributed by atoms with Gasteiger partial charge in [0, 0.05) is 23.1 Å². The Hall–Kier alpha value is -3.00. The van der Waals surface area contributed by atoms with Crippen molar-refractivity contribution >= 4 is 29.0 Å². The molecule has 0 radical (unpaired) electrons. The Morgan fingerprint density at radius 2 is 1.27 bits per heavy atom. The van der Waals surface area contributed by atoms with Crippen molar-refractivity contribution < 1.29 is 23.9 Å². The van der Waals surface area contributed by atoms with E-state index in [1.54, 1.807) is 52.1 Å². The molecule has 8 heteroatoms. The Bertz CT molecular complexity index is 1240. The topological polar surface area (TPSA) is 106 Å². The summed E-state index contributed by atoms with van der Waals surface area (Å²) < 4.78 is 11.5. The van der Waals surface area contributed by atoms with Crippen LogP contribution in [0.15, 0.2) is 40.5 Å². The number of nitrogens with zero attached hydrogens (tertiary/aromatic N) is 1. The van der Waals surface area contributed by atoms with Gasteiger partial charge in [0.2, 0.25) is 11.6 Å². The molecule has 1 aliphatic carbocycles. The number of ether oxygens (including phenoxy) is 2. The van der Waals surface area contributed by atoms with Crippen LogP contribution >= 0.6 is 0 Å². The van der Waals surface area contributed by atoms with Crippen LogP contribution in [0, 0.1) is 10.8 Å². The van der Waals surface area contributed by atoms with Crippen LogP contribution in [-0.4, -0.2) is 42.8 Å². The first-order valence-corrected chi connectivity index (χ1v) is 18.5. The average molecular weight is 668 g/mol. The maximum absolute atomic E-state index is 13.8. The fourth-order valence-electron chi connectivity index (χ4n) is 5.47. The number of fused-ring (bicyclic) bond motifs is 1. The molecule has 0 spiro atoms. The number of aliphatic imine (C=N–C) groups is 1. The summed E-state index contributed by atoms with van der Waals surface area (Å²) in [5, 5.41) is 5.80. The second-order valence-electron chi connectivity index (χ2n) is 15.3. The summed E-state index contributed by atoms with van der Waals surface area (Å²) in [6.45, 7) is 16.7. The molecule has 0 bridgehead atoms. The number of carbonyl (C=O) groups is 3. The lowest BCUT2D eigenvalue weighted by Gasteiger charge is -2.34. The normalized spacial score (nSPS) is 14.6. The molecule has 0 fully saturated rings. The highest BCUT2D eigenvalue weighted by Gasteiger charge is 2.49. The molecule has 2 N–H and O–H groups in total. The van der Waals surface area contributed by atoms with Gasteiger partial charge in [-0.05, 0) is 42.5 Å². The summed E-state index contributed by atoms with van der Waals surface area (Å²) in [6, 6.07) is 7.04. The van der Waals surface area contributed by atoms with E-state index in [0.29, 0.717) is 29.9 Å². The number of Topliss-reactive ketones (excluding diaryl/α,β-unsaturated/α-hetero) is 1. The van der Waals surface area contributed by atoms with Crippen molar-refractivity contribution in [3.05, 3.63) is 35.5 Å². The lowest BCUT2D eigenvalue weighted by Crippen LogP contribution is -2.59. The SMILES string of the molecule is CC(C)(C)C1=C2N=C21.CCCCCCCCCCCCC(NC(=O)CC(=O)C(C)(C)C)(OCCCCC)C(=O)Nc1ccc(OC)cc1. The van der Waals surface area contributed by atoms with Gasteiger partial charge in [-0.3, -0.25) is 14.4 Å². The van der Waals surface area contributed by atoms with Crippen molar-refractivity contribution in [1.82, 2.24) is 5.32 Å². The number of unbranched alkanes of at least 4 members (excludes halogenated alkanes) is 11. The third-order valence-electron chi connectivity index (χ3n) is 8.75. The van der Waals surface area contributed by atoms with E-state index in [0.717, 1.165) is 38.5 Å². The summed E-state index contributed by atoms with van der Waals surface area (Å²) in [6.07, 6.45) is 14.4. The zero-order valence-corrected chi connectivity index (χ0v) is 31.6. The van der Waals surface area contributed by atoms with Crippen LogP contribution in [-0.2, 0) is 19.1 Å². The number of allylic oxidation sites excluding steroid dienone is 2. The van der Waals surface area contributed by atoms with Gasteiger partial charge in [0.1, 0.15) is 11.5 Å². The number of nitrogens with one attached hydrogen (secondary N) is 2. The van der Waals surface area contributed by atoms with Gasteiger partial charge in [0.15, 0.2) is 0 Å². The van der Waals surface area contributed by atoms with Gasteiger partial charge in [-0.1, -0.05) is 126 Å². The number of ketones is 1. The third kappa shape index (κ3) is 14.6. The van der Waals surface area contributed by atoms with E-state index in [4.69, 9.17) is 9.47 Å². The molecule has 1 heterocycles. The van der Waals surface area contributed by atoms with E-state index in [9.17, 15) is 14.4 Å². The molecule has 0 aromatic heterocycles. The van der Waals surface area contributed by atoms with Crippen LogP contribution in [0.4, 0.5) is 5.69 Å². The first kappa shape index (κ1) is 41.2. The van der Waals surface area contributed by atoms with Crippen LogP contribution in [0.25, 0.3) is 0 Å². The van der Waals surface area contributed by atoms with E-state index in [1.165, 1.54) is 61.9 Å². The number of amides is 2. The predicted octanol–water partition coefficient (Wildman–Crippen LogP) is 9.72. The number of anilines is 1. The molecule has 1 aromatic carbocycles. The fourth-order valence-corrected chi connectivity index (χ4v) is 5.47. The summed E-state index contributed by atoms with van der Waals surface area (Å²) in [5.41, 5.74) is 2.90. The minimum absolute atomic E-state index is 0.181. The molecule has 1 atom stereocenters. The Morgan fingerprint density at radius 3 is 1.71 bits per heavy atom. The monoisotopic (exact) mass is 667 g/mol. The summed E-state index contributed by atoms with van der Waals surface area (Å²) >= 11 is 0. The van der Waals surface area contributed by atoms with Gasteiger partial charge in [0.25, 0.3) is 5.91 Å². The predicted molar refractivity (Wildman–Crippen MR) is 197 cm³/mol. The summed E-state index contributed by atoms with van der Waals surface area (Å²) in [4.78, 5) is 43.6. The van der Waals surface area contributed by atoms with Crippen LogP contribution in [0.2, 0.25) is 0 Å². The molecule has 0 saturated carbocycles.